The van der Waals surface area contributed by atoms with Crippen LogP contribution in [0.1, 0.15) is 44.5 Å². The van der Waals surface area contributed by atoms with Gasteiger partial charge in [0.2, 0.25) is 0 Å². The molecule has 0 aliphatic rings. The van der Waals surface area contributed by atoms with E-state index in [1.807, 2.05) is 6.20 Å². The van der Waals surface area contributed by atoms with Crippen LogP contribution < -0.4 is 10.6 Å². The second-order valence-electron chi connectivity index (χ2n) is 5.85. The lowest BCUT2D eigenvalue weighted by Crippen LogP contribution is -2.45. The van der Waals surface area contributed by atoms with Gasteiger partial charge in [-0.1, -0.05) is 6.92 Å². The quantitative estimate of drug-likeness (QED) is 0.361. The zero-order valence-electron chi connectivity index (χ0n) is 15.2. The molecule has 1 rings (SSSR count). The van der Waals surface area contributed by atoms with Gasteiger partial charge in [-0.2, -0.15) is 0 Å². The first-order valence-electron chi connectivity index (χ1n) is 8.11. The predicted molar refractivity (Wildman–Crippen MR) is 112 cm³/mol. The van der Waals surface area contributed by atoms with Gasteiger partial charge in [-0.25, -0.2) is 4.98 Å². The number of nitrogens with one attached hydrogen (secondary N) is 2. The predicted octanol–water partition coefficient (Wildman–Crippen LogP) is 3.11. The van der Waals surface area contributed by atoms with Crippen LogP contribution in [-0.2, 0) is 13.0 Å². The molecule has 0 aliphatic heterocycles. The van der Waals surface area contributed by atoms with Crippen LogP contribution in [0.15, 0.2) is 11.2 Å². The standard InChI is InChI=1S/C16H31N5S.HI/c1-7-14-10-19-15(22-14)11-20-16(17-6)18-8-9-21(12(2)3)13(4)5;/h10,12-13H,7-9,11H2,1-6H3,(H2,17,18,20);1H. The summed E-state index contributed by atoms with van der Waals surface area (Å²) >= 11 is 1.76. The normalized spacial score (nSPS) is 12.0. The van der Waals surface area contributed by atoms with E-state index in [2.05, 4.69) is 60.1 Å². The molecule has 0 unspecified atom stereocenters. The maximum atomic E-state index is 4.41. The van der Waals surface area contributed by atoms with Crippen molar-refractivity contribution in [3.63, 3.8) is 0 Å². The number of guanidine groups is 1. The molecule has 0 saturated heterocycles. The fraction of sp³-hybridized carbons (Fsp3) is 0.750. The van der Waals surface area contributed by atoms with Crippen LogP contribution in [0.2, 0.25) is 0 Å². The highest BCUT2D eigenvalue weighted by atomic mass is 127. The Morgan fingerprint density at radius 1 is 1.26 bits per heavy atom. The zero-order chi connectivity index (χ0) is 16.5. The molecule has 0 fully saturated rings. The molecule has 1 aromatic rings. The minimum absolute atomic E-state index is 0. The van der Waals surface area contributed by atoms with E-state index in [0.717, 1.165) is 37.0 Å². The average Bonchev–Trinajstić information content (AvgIpc) is 2.93. The van der Waals surface area contributed by atoms with Gasteiger partial charge in [0.05, 0.1) is 6.54 Å². The van der Waals surface area contributed by atoms with Crippen LogP contribution in [-0.4, -0.2) is 48.1 Å². The summed E-state index contributed by atoms with van der Waals surface area (Å²) in [5.41, 5.74) is 0. The van der Waals surface area contributed by atoms with Crippen molar-refractivity contribution in [2.45, 2.75) is 59.7 Å². The van der Waals surface area contributed by atoms with Gasteiger partial charge in [-0.05, 0) is 34.1 Å². The molecule has 0 radical (unpaired) electrons. The summed E-state index contributed by atoms with van der Waals surface area (Å²) in [6.07, 6.45) is 3.01. The molecule has 0 spiro atoms. The fourth-order valence-corrected chi connectivity index (χ4v) is 3.19. The summed E-state index contributed by atoms with van der Waals surface area (Å²) in [5.74, 6) is 0.834. The van der Waals surface area contributed by atoms with Crippen molar-refractivity contribution in [1.29, 1.82) is 0 Å². The van der Waals surface area contributed by atoms with Crippen LogP contribution in [0.5, 0.6) is 0 Å². The number of hydrogen-bond donors (Lipinski definition) is 2. The summed E-state index contributed by atoms with van der Waals surface area (Å²) in [6.45, 7) is 13.7. The van der Waals surface area contributed by atoms with Gasteiger partial charge in [0.15, 0.2) is 5.96 Å². The third-order valence-corrected chi connectivity index (χ3v) is 4.71. The van der Waals surface area contributed by atoms with Gasteiger partial charge >= 0.3 is 0 Å². The van der Waals surface area contributed by atoms with E-state index in [-0.39, 0.29) is 24.0 Å². The number of rotatable bonds is 8. The summed E-state index contributed by atoms with van der Waals surface area (Å²) < 4.78 is 0. The third kappa shape index (κ3) is 8.30. The Hall–Kier alpha value is -0.410. The number of aliphatic imine (C=N–C) groups is 1. The highest BCUT2D eigenvalue weighted by Crippen LogP contribution is 2.12. The van der Waals surface area contributed by atoms with E-state index in [9.17, 15) is 0 Å². The molecule has 134 valence electrons. The molecular weight excluding hydrogens is 421 g/mol. The molecule has 0 bridgehead atoms. The third-order valence-electron chi connectivity index (χ3n) is 3.57. The van der Waals surface area contributed by atoms with E-state index in [1.165, 1.54) is 4.88 Å². The number of nitrogens with zero attached hydrogens (tertiary/aromatic N) is 3. The summed E-state index contributed by atoms with van der Waals surface area (Å²) in [5, 5.41) is 7.80. The van der Waals surface area contributed by atoms with Gasteiger partial charge in [0, 0.05) is 43.3 Å². The van der Waals surface area contributed by atoms with Crippen molar-refractivity contribution < 1.29 is 0 Å². The van der Waals surface area contributed by atoms with Crippen LogP contribution in [0.4, 0.5) is 0 Å². The highest BCUT2D eigenvalue weighted by molar-refractivity contribution is 14.0. The van der Waals surface area contributed by atoms with Crippen molar-refractivity contribution >= 4 is 41.3 Å². The molecule has 7 heteroatoms. The molecular formula is C16H32IN5S. The first-order valence-corrected chi connectivity index (χ1v) is 8.93. The largest absolute Gasteiger partial charge is 0.355 e. The minimum atomic E-state index is 0. The van der Waals surface area contributed by atoms with Gasteiger partial charge in [0.25, 0.3) is 0 Å². The summed E-state index contributed by atoms with van der Waals surface area (Å²) in [4.78, 5) is 12.5. The molecule has 23 heavy (non-hydrogen) atoms. The van der Waals surface area contributed by atoms with Crippen LogP contribution in [0.25, 0.3) is 0 Å². The average molecular weight is 453 g/mol. The van der Waals surface area contributed by atoms with Crippen molar-refractivity contribution in [3.05, 3.63) is 16.1 Å². The number of hydrogen-bond acceptors (Lipinski definition) is 4. The summed E-state index contributed by atoms with van der Waals surface area (Å²) in [6, 6.07) is 1.11. The van der Waals surface area contributed by atoms with Gasteiger partial charge < -0.3 is 10.6 Å². The molecule has 0 aromatic carbocycles. The monoisotopic (exact) mass is 453 g/mol. The Morgan fingerprint density at radius 3 is 2.39 bits per heavy atom. The molecule has 0 atom stereocenters. The van der Waals surface area contributed by atoms with Crippen LogP contribution in [0, 0.1) is 0 Å². The van der Waals surface area contributed by atoms with Gasteiger partial charge in [0.1, 0.15) is 5.01 Å². The van der Waals surface area contributed by atoms with Gasteiger partial charge in [-0.3, -0.25) is 9.89 Å². The number of thiazole rings is 1. The Balaban J connectivity index is 0.00000484. The second-order valence-corrected chi connectivity index (χ2v) is 7.05. The second kappa shape index (κ2) is 12.0. The van der Waals surface area contributed by atoms with Crippen molar-refractivity contribution in [3.8, 4) is 0 Å². The maximum absolute atomic E-state index is 4.41. The van der Waals surface area contributed by atoms with Crippen molar-refractivity contribution in [2.75, 3.05) is 20.1 Å². The SMILES string of the molecule is CCc1cnc(CNC(=NC)NCCN(C(C)C)C(C)C)s1.I. The van der Waals surface area contributed by atoms with E-state index < -0.39 is 0 Å². The van der Waals surface area contributed by atoms with Crippen LogP contribution >= 0.6 is 35.3 Å². The maximum Gasteiger partial charge on any atom is 0.191 e. The molecule has 0 amide bonds. The van der Waals surface area contributed by atoms with E-state index in [4.69, 9.17) is 0 Å². The van der Waals surface area contributed by atoms with E-state index >= 15 is 0 Å². The van der Waals surface area contributed by atoms with Crippen molar-refractivity contribution in [2.24, 2.45) is 4.99 Å². The number of halogens is 1. The Kier molecular flexibility index (Phi) is 11.8. The first kappa shape index (κ1) is 22.6. The number of aromatic nitrogens is 1. The lowest BCUT2D eigenvalue weighted by Gasteiger charge is -2.30. The van der Waals surface area contributed by atoms with Crippen LogP contribution in [0.3, 0.4) is 0 Å². The van der Waals surface area contributed by atoms with E-state index in [0.29, 0.717) is 12.1 Å². The highest BCUT2D eigenvalue weighted by Gasteiger charge is 2.12. The number of aryl methyl sites for hydroxylation is 1. The first-order chi connectivity index (χ1) is 10.5. The van der Waals surface area contributed by atoms with E-state index in [1.54, 1.807) is 18.4 Å². The Labute approximate surface area is 162 Å². The molecule has 2 N–H and O–H groups in total. The topological polar surface area (TPSA) is 52.6 Å². The Morgan fingerprint density at radius 2 is 1.91 bits per heavy atom. The molecule has 1 aromatic heterocycles. The minimum Gasteiger partial charge on any atom is -0.355 e. The van der Waals surface area contributed by atoms with Gasteiger partial charge in [-0.15, -0.1) is 35.3 Å². The molecule has 1 heterocycles. The summed E-state index contributed by atoms with van der Waals surface area (Å²) in [7, 11) is 1.80. The molecule has 0 aliphatic carbocycles. The molecule has 0 saturated carbocycles. The smallest absolute Gasteiger partial charge is 0.191 e. The van der Waals surface area contributed by atoms with Crippen molar-refractivity contribution in [1.82, 2.24) is 20.5 Å². The lowest BCUT2D eigenvalue weighted by molar-refractivity contribution is 0.178. The zero-order valence-corrected chi connectivity index (χ0v) is 18.4. The molecule has 5 nitrogen and oxygen atoms in total. The lowest BCUT2D eigenvalue weighted by atomic mass is 10.2. The fourth-order valence-electron chi connectivity index (χ4n) is 2.39. The Bertz CT molecular complexity index is 451.